The van der Waals surface area contributed by atoms with Crippen molar-refractivity contribution in [3.05, 3.63) is 12.2 Å². The molecule has 7 unspecified atom stereocenters. The van der Waals surface area contributed by atoms with Crippen LogP contribution in [0.25, 0.3) is 0 Å². The second-order valence-electron chi connectivity index (χ2n) is 13.9. The molecule has 0 aromatic carbocycles. The van der Waals surface area contributed by atoms with Gasteiger partial charge >= 0.3 is 10.4 Å². The second-order valence-corrected chi connectivity index (χ2v) is 14.9. The fourth-order valence-corrected chi connectivity index (χ4v) is 6.73. The van der Waals surface area contributed by atoms with E-state index in [1.54, 1.807) is 6.08 Å². The molecular formula is C37H71NO11S. The van der Waals surface area contributed by atoms with Crippen LogP contribution in [0.15, 0.2) is 12.2 Å². The molecule has 12 nitrogen and oxygen atoms in total. The zero-order valence-corrected chi connectivity index (χ0v) is 31.8. The Bertz CT molecular complexity index is 967. The average molecular weight is 738 g/mol. The Morgan fingerprint density at radius 2 is 1.26 bits per heavy atom. The molecule has 1 saturated heterocycles. The number of hydrogen-bond acceptors (Lipinski definition) is 10. The van der Waals surface area contributed by atoms with Gasteiger partial charge in [0, 0.05) is 6.42 Å². The summed E-state index contributed by atoms with van der Waals surface area (Å²) in [4.78, 5) is 12.9. The molecule has 296 valence electrons. The van der Waals surface area contributed by atoms with Gasteiger partial charge in [-0.2, -0.15) is 8.42 Å². The van der Waals surface area contributed by atoms with Crippen molar-refractivity contribution in [2.75, 3.05) is 13.2 Å². The van der Waals surface area contributed by atoms with E-state index in [1.807, 2.05) is 6.08 Å². The van der Waals surface area contributed by atoms with E-state index in [2.05, 4.69) is 23.3 Å². The Kier molecular flexibility index (Phi) is 27.5. The van der Waals surface area contributed by atoms with Crippen LogP contribution >= 0.6 is 0 Å². The van der Waals surface area contributed by atoms with Crippen LogP contribution in [0.3, 0.4) is 0 Å². The Balaban J connectivity index is 2.65. The third-order valence-electron chi connectivity index (χ3n) is 9.32. The van der Waals surface area contributed by atoms with Gasteiger partial charge in [0.15, 0.2) is 6.29 Å². The number of carbonyl (C=O) groups excluding carboxylic acids is 1. The fourth-order valence-electron chi connectivity index (χ4n) is 6.22. The van der Waals surface area contributed by atoms with Crippen LogP contribution in [0.4, 0.5) is 0 Å². The minimum atomic E-state index is -5.07. The predicted octanol–water partition coefficient (Wildman–Crippen LogP) is 6.04. The molecule has 0 aromatic heterocycles. The van der Waals surface area contributed by atoms with E-state index >= 15 is 0 Å². The Morgan fingerprint density at radius 1 is 0.780 bits per heavy atom. The largest absolute Gasteiger partial charge is 0.397 e. The quantitative estimate of drug-likeness (QED) is 0.0268. The normalized spacial score (nSPS) is 22.6. The average Bonchev–Trinajstić information content (AvgIpc) is 3.08. The van der Waals surface area contributed by atoms with Gasteiger partial charge in [0.05, 0.1) is 25.4 Å². The molecule has 1 amide bonds. The van der Waals surface area contributed by atoms with Crippen LogP contribution in [0.1, 0.15) is 162 Å². The first-order chi connectivity index (χ1) is 24.0. The molecule has 13 heteroatoms. The van der Waals surface area contributed by atoms with Gasteiger partial charge in [0.2, 0.25) is 5.91 Å². The maximum absolute atomic E-state index is 12.9. The van der Waals surface area contributed by atoms with Gasteiger partial charge in [0.25, 0.3) is 0 Å². The minimum absolute atomic E-state index is 0.266. The van der Waals surface area contributed by atoms with Gasteiger partial charge in [0.1, 0.15) is 24.4 Å². The van der Waals surface area contributed by atoms with E-state index in [0.29, 0.717) is 6.42 Å². The first-order valence-electron chi connectivity index (χ1n) is 19.6. The van der Waals surface area contributed by atoms with Gasteiger partial charge in [-0.25, -0.2) is 4.18 Å². The maximum atomic E-state index is 12.9. The van der Waals surface area contributed by atoms with E-state index in [1.165, 1.54) is 96.3 Å². The van der Waals surface area contributed by atoms with Crippen molar-refractivity contribution in [2.24, 2.45) is 0 Å². The molecule has 1 fully saturated rings. The Morgan fingerprint density at radius 3 is 1.74 bits per heavy atom. The van der Waals surface area contributed by atoms with E-state index in [0.717, 1.165) is 38.5 Å². The first kappa shape index (κ1) is 46.9. The highest BCUT2D eigenvalue weighted by atomic mass is 32.3. The van der Waals surface area contributed by atoms with E-state index in [-0.39, 0.29) is 18.9 Å². The summed E-state index contributed by atoms with van der Waals surface area (Å²) in [5.41, 5.74) is 0. The second kappa shape index (κ2) is 29.3. The summed E-state index contributed by atoms with van der Waals surface area (Å²) in [6.07, 6.45) is 19.8. The molecule has 6 N–H and O–H groups in total. The van der Waals surface area contributed by atoms with Gasteiger partial charge in [-0.15, -0.1) is 0 Å². The zero-order valence-electron chi connectivity index (χ0n) is 31.0. The number of aliphatic hydroxyl groups is 4. The van der Waals surface area contributed by atoms with Crippen molar-refractivity contribution in [2.45, 2.75) is 204 Å². The summed E-state index contributed by atoms with van der Waals surface area (Å²) < 4.78 is 47.3. The van der Waals surface area contributed by atoms with Crippen LogP contribution in [0.2, 0.25) is 0 Å². The lowest BCUT2D eigenvalue weighted by Crippen LogP contribution is -2.61. The number of amides is 1. The summed E-state index contributed by atoms with van der Waals surface area (Å²) in [6.45, 7) is 3.33. The van der Waals surface area contributed by atoms with Crippen LogP contribution in [0, 0.1) is 0 Å². The lowest BCUT2D eigenvalue weighted by Gasteiger charge is -2.41. The molecule has 7 atom stereocenters. The number of hydrogen-bond donors (Lipinski definition) is 6. The summed E-state index contributed by atoms with van der Waals surface area (Å²) in [7, 11) is -5.07. The number of allylic oxidation sites excluding steroid dienone is 1. The zero-order chi connectivity index (χ0) is 37.0. The van der Waals surface area contributed by atoms with Crippen LogP contribution in [0.5, 0.6) is 0 Å². The first-order valence-corrected chi connectivity index (χ1v) is 20.9. The molecule has 0 saturated carbocycles. The molecule has 0 aliphatic carbocycles. The molecule has 50 heavy (non-hydrogen) atoms. The summed E-state index contributed by atoms with van der Waals surface area (Å²) in [5, 5.41) is 44.4. The molecule has 1 rings (SSSR count). The van der Waals surface area contributed by atoms with Crippen molar-refractivity contribution < 1.29 is 51.8 Å². The van der Waals surface area contributed by atoms with Gasteiger partial charge in [-0.1, -0.05) is 148 Å². The number of ether oxygens (including phenoxy) is 2. The molecule has 1 heterocycles. The summed E-state index contributed by atoms with van der Waals surface area (Å²) in [6, 6.07) is -0.935. The molecular weight excluding hydrogens is 666 g/mol. The monoisotopic (exact) mass is 737 g/mol. The molecule has 0 radical (unpaired) electrons. The van der Waals surface area contributed by atoms with Crippen molar-refractivity contribution in [1.29, 1.82) is 0 Å². The van der Waals surface area contributed by atoms with E-state index < -0.39 is 59.9 Å². The molecule has 1 aliphatic rings. The SMILES string of the molecule is CCCCCCCCCCCC/C=C/C(O)C(COC1OC(CO)C(O)C(OS(=O)(=O)O)C1O)NC(=O)CCCCCCCCCCCCC. The van der Waals surface area contributed by atoms with Crippen molar-refractivity contribution in [1.82, 2.24) is 5.32 Å². The standard InChI is InChI=1S/C37H71NO11S/c1-3-5-7-9-11-13-15-17-18-20-22-24-26-31(40)30(38-33(41)27-25-23-21-19-16-14-12-10-8-6-4-2)29-47-37-35(43)36(49-50(44,45)46)34(42)32(28-39)48-37/h24,26,30-32,34-37,39-40,42-43H,3-23,25,27-29H2,1-2H3,(H,38,41)(H,44,45,46)/b26-24+. The van der Waals surface area contributed by atoms with E-state index in [9.17, 15) is 33.6 Å². The van der Waals surface area contributed by atoms with Crippen molar-refractivity contribution in [3.63, 3.8) is 0 Å². The number of rotatable bonds is 32. The molecule has 0 bridgehead atoms. The van der Waals surface area contributed by atoms with Crippen LogP contribution in [-0.2, 0) is 28.9 Å². The van der Waals surface area contributed by atoms with Crippen LogP contribution in [-0.4, -0.2) is 95.4 Å². The van der Waals surface area contributed by atoms with Crippen molar-refractivity contribution in [3.8, 4) is 0 Å². The predicted molar refractivity (Wildman–Crippen MR) is 195 cm³/mol. The minimum Gasteiger partial charge on any atom is -0.394 e. The smallest absolute Gasteiger partial charge is 0.394 e. The molecule has 0 aromatic rings. The maximum Gasteiger partial charge on any atom is 0.397 e. The number of aliphatic hydroxyl groups excluding tert-OH is 4. The highest BCUT2D eigenvalue weighted by molar-refractivity contribution is 7.80. The van der Waals surface area contributed by atoms with Gasteiger partial charge in [-0.3, -0.25) is 9.35 Å². The topological polar surface area (TPSA) is 192 Å². The van der Waals surface area contributed by atoms with Crippen LogP contribution < -0.4 is 5.32 Å². The summed E-state index contributed by atoms with van der Waals surface area (Å²) >= 11 is 0. The highest BCUT2D eigenvalue weighted by Gasteiger charge is 2.48. The van der Waals surface area contributed by atoms with E-state index in [4.69, 9.17) is 14.0 Å². The third-order valence-corrected chi connectivity index (χ3v) is 9.78. The third kappa shape index (κ3) is 22.7. The Hall–Kier alpha value is -1.16. The number of unbranched alkanes of at least 4 members (excludes halogenated alkanes) is 20. The molecule has 1 aliphatic heterocycles. The number of nitrogens with one attached hydrogen (secondary N) is 1. The fraction of sp³-hybridized carbons (Fsp3) is 0.919. The number of carbonyl (C=O) groups is 1. The summed E-state index contributed by atoms with van der Waals surface area (Å²) in [5.74, 6) is -0.266. The lowest BCUT2D eigenvalue weighted by molar-refractivity contribution is -0.298. The van der Waals surface area contributed by atoms with Gasteiger partial charge < -0.3 is 35.2 Å². The lowest BCUT2D eigenvalue weighted by atomic mass is 9.99. The molecule has 0 spiro atoms. The Labute approximate surface area is 302 Å². The van der Waals surface area contributed by atoms with Gasteiger partial charge in [-0.05, 0) is 19.3 Å². The highest BCUT2D eigenvalue weighted by Crippen LogP contribution is 2.26. The van der Waals surface area contributed by atoms with Crippen molar-refractivity contribution >= 4 is 16.3 Å².